The van der Waals surface area contributed by atoms with Gasteiger partial charge in [0.05, 0.1) is 0 Å². The topological polar surface area (TPSA) is 3.24 Å². The number of hydrogen-bond donors (Lipinski definition) is 0. The minimum absolute atomic E-state index is 0. The van der Waals surface area contributed by atoms with Crippen molar-refractivity contribution >= 4 is 0 Å². The van der Waals surface area contributed by atoms with Gasteiger partial charge in [-0.3, -0.25) is 0 Å². The second kappa shape index (κ2) is 7.56. The van der Waals surface area contributed by atoms with Crippen LogP contribution in [-0.4, -0.2) is 25.5 Å². The monoisotopic (exact) mass is 109 g/mol. The molecule has 0 aromatic rings. The van der Waals surface area contributed by atoms with E-state index in [2.05, 4.69) is 25.9 Å². The predicted molar refractivity (Wildman–Crippen MR) is 34.6 cm³/mol. The van der Waals surface area contributed by atoms with Crippen molar-refractivity contribution in [2.45, 2.75) is 19.8 Å². The van der Waals surface area contributed by atoms with Crippen molar-refractivity contribution in [1.29, 1.82) is 0 Å². The van der Waals surface area contributed by atoms with Crippen LogP contribution in [-0.2, 0) is 0 Å². The zero-order valence-corrected chi connectivity index (χ0v) is 6.57. The van der Waals surface area contributed by atoms with Crippen LogP contribution in [0.1, 0.15) is 21.2 Å². The molecule has 0 amide bonds. The van der Waals surface area contributed by atoms with E-state index in [0.29, 0.717) is 0 Å². The first-order valence-corrected chi connectivity index (χ1v) is 2.92. The summed E-state index contributed by atoms with van der Waals surface area (Å²) in [6, 6.07) is 0. The van der Waals surface area contributed by atoms with E-state index < -0.39 is 0 Å². The van der Waals surface area contributed by atoms with Crippen LogP contribution in [0.4, 0.5) is 0 Å². The van der Waals surface area contributed by atoms with Gasteiger partial charge >= 0.3 is 18.9 Å². The number of hydrogen-bond acceptors (Lipinski definition) is 1. The molecule has 0 rings (SSSR count). The van der Waals surface area contributed by atoms with E-state index in [1.807, 2.05) is 0 Å². The molecule has 0 spiro atoms. The fraction of sp³-hybridized carbons (Fsp3) is 1.00. The molecule has 0 saturated carbocycles. The Kier molecular flexibility index (Phi) is 10.7. The smallest absolute Gasteiger partial charge is 1.00 e. The van der Waals surface area contributed by atoms with Gasteiger partial charge in [-0.1, -0.05) is 13.3 Å². The summed E-state index contributed by atoms with van der Waals surface area (Å²) in [5.74, 6) is 0. The van der Waals surface area contributed by atoms with Crippen molar-refractivity contribution in [2.75, 3.05) is 20.6 Å². The van der Waals surface area contributed by atoms with Crippen LogP contribution in [0.15, 0.2) is 0 Å². The van der Waals surface area contributed by atoms with Gasteiger partial charge in [-0.05, 0) is 27.1 Å². The largest absolute Gasteiger partial charge is 1.00 e. The molecule has 0 heterocycles. The SMILES string of the molecule is CCCCN(C)C.[H-].[Li+]. The summed E-state index contributed by atoms with van der Waals surface area (Å²) in [6.07, 6.45) is 2.63. The molecule has 0 aliphatic carbocycles. The Hall–Kier alpha value is 0.557. The summed E-state index contributed by atoms with van der Waals surface area (Å²) in [4.78, 5) is 2.21. The van der Waals surface area contributed by atoms with Gasteiger partial charge < -0.3 is 6.33 Å². The normalized spacial score (nSPS) is 9.00. The molecule has 2 heteroatoms. The fourth-order valence-electron chi connectivity index (χ4n) is 0.474. The Morgan fingerprint density at radius 1 is 1.38 bits per heavy atom. The minimum Gasteiger partial charge on any atom is -1.00 e. The van der Waals surface area contributed by atoms with E-state index >= 15 is 0 Å². The summed E-state index contributed by atoms with van der Waals surface area (Å²) in [5.41, 5.74) is 0. The van der Waals surface area contributed by atoms with Gasteiger partial charge in [0.2, 0.25) is 0 Å². The molecule has 46 valence electrons. The molecule has 0 aliphatic heterocycles. The third-order valence-corrected chi connectivity index (χ3v) is 0.959. The van der Waals surface area contributed by atoms with Gasteiger partial charge in [-0.15, -0.1) is 0 Å². The van der Waals surface area contributed by atoms with Gasteiger partial charge in [0, 0.05) is 0 Å². The molecule has 0 radical (unpaired) electrons. The van der Waals surface area contributed by atoms with Crippen molar-refractivity contribution in [3.63, 3.8) is 0 Å². The van der Waals surface area contributed by atoms with E-state index in [4.69, 9.17) is 0 Å². The summed E-state index contributed by atoms with van der Waals surface area (Å²) in [7, 11) is 4.21. The van der Waals surface area contributed by atoms with Crippen molar-refractivity contribution in [2.24, 2.45) is 0 Å². The van der Waals surface area contributed by atoms with Gasteiger partial charge in [-0.2, -0.15) is 0 Å². The molecule has 0 bridgehead atoms. The maximum Gasteiger partial charge on any atom is 1.00 e. The first-order chi connectivity index (χ1) is 3.27. The average molecular weight is 109 g/mol. The van der Waals surface area contributed by atoms with Gasteiger partial charge in [0.25, 0.3) is 0 Å². The first kappa shape index (κ1) is 11.4. The zero-order chi connectivity index (χ0) is 5.70. The minimum atomic E-state index is 0. The molecule has 1 nitrogen and oxygen atoms in total. The zero-order valence-electron chi connectivity index (χ0n) is 7.57. The fourth-order valence-corrected chi connectivity index (χ4v) is 0.474. The third kappa shape index (κ3) is 9.75. The van der Waals surface area contributed by atoms with Crippen LogP contribution in [0.3, 0.4) is 0 Å². The molecular formula is C6H16LiN. The first-order valence-electron chi connectivity index (χ1n) is 2.92. The van der Waals surface area contributed by atoms with E-state index in [1.54, 1.807) is 0 Å². The quantitative estimate of drug-likeness (QED) is 0.397. The van der Waals surface area contributed by atoms with Crippen LogP contribution in [0, 0.1) is 0 Å². The van der Waals surface area contributed by atoms with Crippen molar-refractivity contribution < 1.29 is 20.3 Å². The summed E-state index contributed by atoms with van der Waals surface area (Å²) in [5, 5.41) is 0. The van der Waals surface area contributed by atoms with E-state index in [9.17, 15) is 0 Å². The Morgan fingerprint density at radius 2 is 1.88 bits per heavy atom. The molecular weight excluding hydrogens is 93.0 g/mol. The average Bonchev–Trinajstić information content (AvgIpc) is 1.61. The summed E-state index contributed by atoms with van der Waals surface area (Å²) < 4.78 is 0. The number of rotatable bonds is 3. The molecule has 0 saturated heterocycles. The maximum atomic E-state index is 2.21. The molecule has 0 aliphatic rings. The van der Waals surface area contributed by atoms with Crippen molar-refractivity contribution in [3.8, 4) is 0 Å². The van der Waals surface area contributed by atoms with E-state index in [-0.39, 0.29) is 20.3 Å². The Morgan fingerprint density at radius 3 is 2.00 bits per heavy atom. The molecule has 0 fully saturated rings. The van der Waals surface area contributed by atoms with Crippen molar-refractivity contribution in [1.82, 2.24) is 4.90 Å². The van der Waals surface area contributed by atoms with E-state index in [0.717, 1.165) is 0 Å². The van der Waals surface area contributed by atoms with Crippen LogP contribution in [0.25, 0.3) is 0 Å². The molecule has 0 atom stereocenters. The van der Waals surface area contributed by atoms with E-state index in [1.165, 1.54) is 19.4 Å². The predicted octanol–water partition coefficient (Wildman–Crippen LogP) is -1.54. The second-order valence-electron chi connectivity index (χ2n) is 2.16. The Balaban J connectivity index is -0.000000180. The van der Waals surface area contributed by atoms with Crippen LogP contribution in [0.5, 0.6) is 0 Å². The van der Waals surface area contributed by atoms with Crippen LogP contribution < -0.4 is 18.9 Å². The Labute approximate surface area is 66.1 Å². The standard InChI is InChI=1S/C6H15N.Li.H/c1-4-5-6-7(2)3;;/h4-6H2,1-3H3;;/q;+1;-1. The van der Waals surface area contributed by atoms with Crippen LogP contribution in [0.2, 0.25) is 0 Å². The third-order valence-electron chi connectivity index (χ3n) is 0.959. The van der Waals surface area contributed by atoms with Crippen molar-refractivity contribution in [3.05, 3.63) is 0 Å². The maximum absolute atomic E-state index is 2.21. The molecule has 0 aromatic carbocycles. The molecule has 0 aromatic heterocycles. The molecule has 8 heavy (non-hydrogen) atoms. The summed E-state index contributed by atoms with van der Waals surface area (Å²) >= 11 is 0. The molecule has 0 N–H and O–H groups in total. The van der Waals surface area contributed by atoms with Gasteiger partial charge in [0.15, 0.2) is 0 Å². The number of unbranched alkanes of at least 4 members (excludes halogenated alkanes) is 1. The number of nitrogens with zero attached hydrogens (tertiary/aromatic N) is 1. The van der Waals surface area contributed by atoms with Gasteiger partial charge in [-0.25, -0.2) is 0 Å². The second-order valence-corrected chi connectivity index (χ2v) is 2.16. The van der Waals surface area contributed by atoms with Crippen LogP contribution >= 0.6 is 0 Å². The molecule has 0 unspecified atom stereocenters. The Bertz CT molecular complexity index is 42.0. The van der Waals surface area contributed by atoms with Gasteiger partial charge in [0.1, 0.15) is 0 Å². The summed E-state index contributed by atoms with van der Waals surface area (Å²) in [6.45, 7) is 3.44.